The maximum Gasteiger partial charge on any atom is 0.229 e. The number of amides is 1. The molecule has 1 amide bonds. The number of aromatic hydroxyl groups is 1. The number of carbonyl (C=O) groups excluding carboxylic acids is 1. The van der Waals surface area contributed by atoms with Gasteiger partial charge in [0.05, 0.1) is 17.8 Å². The molecule has 0 saturated carbocycles. The summed E-state index contributed by atoms with van der Waals surface area (Å²) in [7, 11) is 0. The van der Waals surface area contributed by atoms with Gasteiger partial charge in [0.25, 0.3) is 0 Å². The number of nitrogens with two attached hydrogens (primary N) is 1. The summed E-state index contributed by atoms with van der Waals surface area (Å²) in [6.45, 7) is 0. The maximum atomic E-state index is 13.4. The first-order valence-corrected chi connectivity index (χ1v) is 5.78. The third-order valence-electron chi connectivity index (χ3n) is 2.71. The zero-order valence-corrected chi connectivity index (χ0v) is 10.4. The van der Waals surface area contributed by atoms with Crippen molar-refractivity contribution in [2.45, 2.75) is 6.42 Å². The van der Waals surface area contributed by atoms with Crippen LogP contribution in [0.3, 0.4) is 0 Å². The van der Waals surface area contributed by atoms with Crippen LogP contribution in [0, 0.1) is 11.6 Å². The molecular formula is C14H12F2N2O2. The van der Waals surface area contributed by atoms with Crippen LogP contribution in [0.25, 0.3) is 0 Å². The number of benzene rings is 2. The molecule has 0 heterocycles. The summed E-state index contributed by atoms with van der Waals surface area (Å²) in [5.74, 6) is -2.20. The second-order valence-corrected chi connectivity index (χ2v) is 4.20. The average Bonchev–Trinajstić information content (AvgIpc) is 2.37. The molecule has 0 aromatic heterocycles. The predicted molar refractivity (Wildman–Crippen MR) is 71.2 cm³/mol. The van der Waals surface area contributed by atoms with Crippen molar-refractivity contribution in [3.8, 4) is 5.75 Å². The van der Waals surface area contributed by atoms with Gasteiger partial charge < -0.3 is 16.2 Å². The van der Waals surface area contributed by atoms with Gasteiger partial charge in [-0.15, -0.1) is 0 Å². The van der Waals surface area contributed by atoms with Gasteiger partial charge in [0, 0.05) is 11.6 Å². The predicted octanol–water partition coefficient (Wildman–Crippen LogP) is 2.43. The monoisotopic (exact) mass is 278 g/mol. The lowest BCUT2D eigenvalue weighted by molar-refractivity contribution is -0.115. The number of carbonyl (C=O) groups is 1. The molecule has 0 radical (unpaired) electrons. The van der Waals surface area contributed by atoms with E-state index in [1.165, 1.54) is 24.3 Å². The number of phenolic OH excluding ortho intramolecular Hbond substituents is 1. The van der Waals surface area contributed by atoms with Crippen LogP contribution in [-0.2, 0) is 11.2 Å². The van der Waals surface area contributed by atoms with Crippen LogP contribution >= 0.6 is 0 Å². The topological polar surface area (TPSA) is 75.3 Å². The Bertz CT molecular complexity index is 639. The molecular weight excluding hydrogens is 266 g/mol. The first kappa shape index (κ1) is 13.8. The second kappa shape index (κ2) is 5.56. The Hall–Kier alpha value is -2.63. The Morgan fingerprint density at radius 2 is 1.85 bits per heavy atom. The van der Waals surface area contributed by atoms with E-state index < -0.39 is 24.0 Å². The van der Waals surface area contributed by atoms with Gasteiger partial charge in [-0.3, -0.25) is 4.79 Å². The Morgan fingerprint density at radius 3 is 2.45 bits per heavy atom. The number of hydrogen-bond donors (Lipinski definition) is 3. The van der Waals surface area contributed by atoms with Crippen molar-refractivity contribution < 1.29 is 18.7 Å². The number of nitrogens with one attached hydrogen (secondary N) is 1. The zero-order chi connectivity index (χ0) is 14.7. The molecule has 2 aromatic rings. The Balaban J connectivity index is 2.13. The van der Waals surface area contributed by atoms with Gasteiger partial charge in [0.2, 0.25) is 5.91 Å². The number of hydrogen-bond acceptors (Lipinski definition) is 3. The number of phenols is 1. The van der Waals surface area contributed by atoms with E-state index in [1.807, 2.05) is 0 Å². The lowest BCUT2D eigenvalue weighted by atomic mass is 10.1. The Labute approximate surface area is 113 Å². The molecule has 0 aliphatic heterocycles. The molecule has 0 spiro atoms. The normalized spacial score (nSPS) is 10.3. The fourth-order valence-corrected chi connectivity index (χ4v) is 1.72. The van der Waals surface area contributed by atoms with Crippen LogP contribution in [0.5, 0.6) is 5.75 Å². The van der Waals surface area contributed by atoms with Crippen molar-refractivity contribution in [3.63, 3.8) is 0 Å². The minimum Gasteiger partial charge on any atom is -0.508 e. The van der Waals surface area contributed by atoms with Gasteiger partial charge in [-0.2, -0.15) is 0 Å². The van der Waals surface area contributed by atoms with Crippen LogP contribution in [-0.4, -0.2) is 11.0 Å². The number of rotatable bonds is 3. The number of anilines is 2. The largest absolute Gasteiger partial charge is 0.508 e. The van der Waals surface area contributed by atoms with Gasteiger partial charge in [0.1, 0.15) is 17.4 Å². The second-order valence-electron chi connectivity index (χ2n) is 4.20. The van der Waals surface area contributed by atoms with Crippen LogP contribution in [0.2, 0.25) is 0 Å². The van der Waals surface area contributed by atoms with E-state index in [9.17, 15) is 18.7 Å². The first-order chi connectivity index (χ1) is 9.47. The van der Waals surface area contributed by atoms with Crippen LogP contribution in [0.1, 0.15) is 5.56 Å². The van der Waals surface area contributed by atoms with Crippen molar-refractivity contribution in [2.24, 2.45) is 0 Å². The molecule has 0 aliphatic rings. The van der Waals surface area contributed by atoms with E-state index in [-0.39, 0.29) is 22.7 Å². The summed E-state index contributed by atoms with van der Waals surface area (Å²) in [5.41, 5.74) is 5.72. The molecule has 20 heavy (non-hydrogen) atoms. The summed E-state index contributed by atoms with van der Waals surface area (Å²) in [5, 5.41) is 11.6. The highest BCUT2D eigenvalue weighted by atomic mass is 19.1. The minimum atomic E-state index is -0.779. The highest BCUT2D eigenvalue weighted by molar-refractivity contribution is 5.95. The summed E-state index contributed by atoms with van der Waals surface area (Å²) >= 11 is 0. The lowest BCUT2D eigenvalue weighted by Gasteiger charge is -2.09. The van der Waals surface area contributed by atoms with Crippen molar-refractivity contribution in [2.75, 3.05) is 11.1 Å². The number of nitrogen functional groups attached to an aromatic ring is 1. The Morgan fingerprint density at radius 1 is 1.20 bits per heavy atom. The zero-order valence-electron chi connectivity index (χ0n) is 10.4. The van der Waals surface area contributed by atoms with Crippen molar-refractivity contribution >= 4 is 17.3 Å². The summed E-state index contributed by atoms with van der Waals surface area (Å²) in [6, 6.07) is 7.40. The molecule has 0 unspecified atom stereocenters. The standard InChI is InChI=1S/C14H12F2N2O2/c15-10-2-1-3-11(16)9(10)7-14(20)18-13-5-4-8(19)6-12(13)17/h1-6,19H,7,17H2,(H,18,20). The highest BCUT2D eigenvalue weighted by Gasteiger charge is 2.14. The van der Waals surface area contributed by atoms with E-state index in [0.717, 1.165) is 12.1 Å². The molecule has 2 rings (SSSR count). The summed E-state index contributed by atoms with van der Waals surface area (Å²) in [6.07, 6.45) is -0.446. The third kappa shape index (κ3) is 3.03. The SMILES string of the molecule is Nc1cc(O)ccc1NC(=O)Cc1c(F)cccc1F. The molecule has 0 fully saturated rings. The van der Waals surface area contributed by atoms with Crippen molar-refractivity contribution in [3.05, 3.63) is 53.6 Å². The van der Waals surface area contributed by atoms with Crippen LogP contribution in [0.15, 0.2) is 36.4 Å². The number of halogens is 2. The first-order valence-electron chi connectivity index (χ1n) is 5.78. The van der Waals surface area contributed by atoms with E-state index in [4.69, 9.17) is 5.73 Å². The molecule has 0 aliphatic carbocycles. The van der Waals surface area contributed by atoms with Crippen LogP contribution in [0.4, 0.5) is 20.2 Å². The summed E-state index contributed by atoms with van der Waals surface area (Å²) in [4.78, 5) is 11.8. The molecule has 6 heteroatoms. The summed E-state index contributed by atoms with van der Waals surface area (Å²) < 4.78 is 26.8. The molecule has 0 bridgehead atoms. The van der Waals surface area contributed by atoms with Gasteiger partial charge in [-0.25, -0.2) is 8.78 Å². The maximum absolute atomic E-state index is 13.4. The molecule has 2 aromatic carbocycles. The fourth-order valence-electron chi connectivity index (χ4n) is 1.72. The average molecular weight is 278 g/mol. The van der Waals surface area contributed by atoms with Crippen molar-refractivity contribution in [1.29, 1.82) is 0 Å². The van der Waals surface area contributed by atoms with E-state index >= 15 is 0 Å². The molecule has 0 saturated heterocycles. The molecule has 4 N–H and O–H groups in total. The molecule has 104 valence electrons. The lowest BCUT2D eigenvalue weighted by Crippen LogP contribution is -2.17. The van der Waals surface area contributed by atoms with Gasteiger partial charge >= 0.3 is 0 Å². The van der Waals surface area contributed by atoms with Crippen LogP contribution < -0.4 is 11.1 Å². The van der Waals surface area contributed by atoms with Crippen molar-refractivity contribution in [1.82, 2.24) is 0 Å². The Kier molecular flexibility index (Phi) is 3.84. The smallest absolute Gasteiger partial charge is 0.229 e. The van der Waals surface area contributed by atoms with Gasteiger partial charge in [-0.1, -0.05) is 6.07 Å². The van der Waals surface area contributed by atoms with E-state index in [2.05, 4.69) is 5.32 Å². The highest BCUT2D eigenvalue weighted by Crippen LogP contribution is 2.23. The van der Waals surface area contributed by atoms with Gasteiger partial charge in [0.15, 0.2) is 0 Å². The third-order valence-corrected chi connectivity index (χ3v) is 2.71. The molecule has 0 atom stereocenters. The fraction of sp³-hybridized carbons (Fsp3) is 0.0714. The van der Waals surface area contributed by atoms with Gasteiger partial charge in [-0.05, 0) is 24.3 Å². The van der Waals surface area contributed by atoms with E-state index in [0.29, 0.717) is 0 Å². The van der Waals surface area contributed by atoms with E-state index in [1.54, 1.807) is 0 Å². The molecule has 4 nitrogen and oxygen atoms in total. The minimum absolute atomic E-state index is 0.0411. The quantitative estimate of drug-likeness (QED) is 0.596.